The molecule has 3 amide bonds. The van der Waals surface area contributed by atoms with E-state index in [9.17, 15) is 9.59 Å². The molecule has 0 aliphatic heterocycles. The summed E-state index contributed by atoms with van der Waals surface area (Å²) in [5, 5.41) is 5.56. The number of amides is 3. The van der Waals surface area contributed by atoms with Crippen molar-refractivity contribution in [1.82, 2.24) is 10.2 Å². The number of carbonyl (C=O) groups is 2. The molecule has 1 rings (SSSR count). The number of benzene rings is 1. The largest absolute Gasteiger partial charge is 0.342 e. The van der Waals surface area contributed by atoms with Crippen LogP contribution in [0.1, 0.15) is 25.8 Å². The maximum absolute atomic E-state index is 11.6. The van der Waals surface area contributed by atoms with Crippen molar-refractivity contribution in [3.63, 3.8) is 0 Å². The fourth-order valence-electron chi connectivity index (χ4n) is 1.55. The molecule has 2 N–H and O–H groups in total. The van der Waals surface area contributed by atoms with Gasteiger partial charge in [0, 0.05) is 32.7 Å². The van der Waals surface area contributed by atoms with E-state index in [0.29, 0.717) is 13.1 Å². The number of hydrogen-bond acceptors (Lipinski definition) is 2. The fourth-order valence-corrected chi connectivity index (χ4v) is 1.55. The number of urea groups is 1. The Hall–Kier alpha value is -2.04. The zero-order valence-corrected chi connectivity index (χ0v) is 11.7. The highest BCUT2D eigenvalue weighted by molar-refractivity contribution is 5.90. The van der Waals surface area contributed by atoms with Crippen LogP contribution in [0.15, 0.2) is 24.3 Å². The number of nitrogens with one attached hydrogen (secondary N) is 2. The van der Waals surface area contributed by atoms with E-state index in [1.807, 2.05) is 31.2 Å². The van der Waals surface area contributed by atoms with Crippen molar-refractivity contribution in [3.8, 4) is 0 Å². The van der Waals surface area contributed by atoms with Gasteiger partial charge in [-0.3, -0.25) is 4.79 Å². The Morgan fingerprint density at radius 1 is 1.26 bits per heavy atom. The third-order valence-corrected chi connectivity index (χ3v) is 2.75. The van der Waals surface area contributed by atoms with Gasteiger partial charge in [0.25, 0.3) is 0 Å². The van der Waals surface area contributed by atoms with Gasteiger partial charge in [0.15, 0.2) is 0 Å². The van der Waals surface area contributed by atoms with Gasteiger partial charge in [-0.25, -0.2) is 4.79 Å². The quantitative estimate of drug-likeness (QED) is 0.855. The van der Waals surface area contributed by atoms with Gasteiger partial charge in [-0.1, -0.05) is 25.1 Å². The standard InChI is InChI=1S/C14H21N3O2/c1-4-9-15-14(19)16-13-8-6-5-7-12(13)10-17(3)11(2)18/h5-8H,4,9-10H2,1-3H3,(H2,15,16,19). The van der Waals surface area contributed by atoms with Gasteiger partial charge in [0.05, 0.1) is 0 Å². The Morgan fingerprint density at radius 3 is 2.58 bits per heavy atom. The minimum atomic E-state index is -0.222. The van der Waals surface area contributed by atoms with Crippen LogP contribution in [0, 0.1) is 0 Å². The lowest BCUT2D eigenvalue weighted by atomic mass is 10.1. The first-order valence-corrected chi connectivity index (χ1v) is 6.39. The average molecular weight is 263 g/mol. The molecular formula is C14H21N3O2. The molecule has 0 spiro atoms. The second kappa shape index (κ2) is 7.41. The lowest BCUT2D eigenvalue weighted by Crippen LogP contribution is -2.30. The molecule has 5 nitrogen and oxygen atoms in total. The number of rotatable bonds is 5. The van der Waals surface area contributed by atoms with Crippen molar-refractivity contribution in [2.75, 3.05) is 18.9 Å². The zero-order valence-electron chi connectivity index (χ0n) is 11.7. The summed E-state index contributed by atoms with van der Waals surface area (Å²) in [6.07, 6.45) is 0.891. The van der Waals surface area contributed by atoms with Crippen LogP contribution in [-0.2, 0) is 11.3 Å². The molecule has 104 valence electrons. The van der Waals surface area contributed by atoms with Crippen molar-refractivity contribution in [2.45, 2.75) is 26.8 Å². The first-order valence-electron chi connectivity index (χ1n) is 6.39. The van der Waals surface area contributed by atoms with Gasteiger partial charge in [0.2, 0.25) is 5.91 Å². The second-order valence-electron chi connectivity index (χ2n) is 4.41. The van der Waals surface area contributed by atoms with Crippen LogP contribution in [-0.4, -0.2) is 30.4 Å². The topological polar surface area (TPSA) is 61.4 Å². The van der Waals surface area contributed by atoms with E-state index in [1.54, 1.807) is 11.9 Å². The summed E-state index contributed by atoms with van der Waals surface area (Å²) >= 11 is 0. The van der Waals surface area contributed by atoms with Gasteiger partial charge < -0.3 is 15.5 Å². The second-order valence-corrected chi connectivity index (χ2v) is 4.41. The molecule has 0 unspecified atom stereocenters. The minimum Gasteiger partial charge on any atom is -0.342 e. The predicted octanol–water partition coefficient (Wildman–Crippen LogP) is 2.20. The highest BCUT2D eigenvalue weighted by atomic mass is 16.2. The Morgan fingerprint density at radius 2 is 1.95 bits per heavy atom. The highest BCUT2D eigenvalue weighted by Crippen LogP contribution is 2.16. The summed E-state index contributed by atoms with van der Waals surface area (Å²) in [6, 6.07) is 7.24. The van der Waals surface area contributed by atoms with Crippen LogP contribution in [0.5, 0.6) is 0 Å². The number of para-hydroxylation sites is 1. The van der Waals surface area contributed by atoms with Gasteiger partial charge in [-0.2, -0.15) is 0 Å². The van der Waals surface area contributed by atoms with Gasteiger partial charge in [0.1, 0.15) is 0 Å². The lowest BCUT2D eigenvalue weighted by Gasteiger charge is -2.18. The zero-order chi connectivity index (χ0) is 14.3. The van der Waals surface area contributed by atoms with Crippen molar-refractivity contribution in [2.24, 2.45) is 0 Å². The van der Waals surface area contributed by atoms with E-state index in [0.717, 1.165) is 17.7 Å². The highest BCUT2D eigenvalue weighted by Gasteiger charge is 2.09. The molecule has 0 atom stereocenters. The van der Waals surface area contributed by atoms with E-state index in [-0.39, 0.29) is 11.9 Å². The van der Waals surface area contributed by atoms with Gasteiger partial charge >= 0.3 is 6.03 Å². The summed E-state index contributed by atoms with van der Waals surface area (Å²) in [4.78, 5) is 24.5. The maximum Gasteiger partial charge on any atom is 0.319 e. The molecule has 19 heavy (non-hydrogen) atoms. The summed E-state index contributed by atoms with van der Waals surface area (Å²) in [5.41, 5.74) is 1.64. The van der Waals surface area contributed by atoms with Crippen LogP contribution in [0.2, 0.25) is 0 Å². The maximum atomic E-state index is 11.6. The Kier molecular flexibility index (Phi) is 5.85. The van der Waals surface area contributed by atoms with E-state index in [1.165, 1.54) is 6.92 Å². The molecule has 0 heterocycles. The fraction of sp³-hybridized carbons (Fsp3) is 0.429. The van der Waals surface area contributed by atoms with Crippen LogP contribution in [0.4, 0.5) is 10.5 Å². The molecule has 0 saturated carbocycles. The average Bonchev–Trinajstić information content (AvgIpc) is 2.38. The van der Waals surface area contributed by atoms with Crippen molar-refractivity contribution in [3.05, 3.63) is 29.8 Å². The first kappa shape index (κ1) is 15.0. The number of nitrogens with zero attached hydrogens (tertiary/aromatic N) is 1. The Balaban J connectivity index is 2.72. The van der Waals surface area contributed by atoms with Crippen molar-refractivity contribution >= 4 is 17.6 Å². The summed E-state index contributed by atoms with van der Waals surface area (Å²) < 4.78 is 0. The normalized spacial score (nSPS) is 9.84. The third-order valence-electron chi connectivity index (χ3n) is 2.75. The summed E-state index contributed by atoms with van der Waals surface area (Å²) in [7, 11) is 1.73. The van der Waals surface area contributed by atoms with E-state index < -0.39 is 0 Å². The smallest absolute Gasteiger partial charge is 0.319 e. The molecule has 0 aliphatic rings. The Bertz CT molecular complexity index is 446. The first-order chi connectivity index (χ1) is 9.04. The van der Waals surface area contributed by atoms with Crippen molar-refractivity contribution in [1.29, 1.82) is 0 Å². The summed E-state index contributed by atoms with van der Waals surface area (Å²) in [6.45, 7) is 4.63. The molecule has 0 fully saturated rings. The van der Waals surface area contributed by atoms with Gasteiger partial charge in [-0.15, -0.1) is 0 Å². The molecule has 1 aromatic rings. The monoisotopic (exact) mass is 263 g/mol. The minimum absolute atomic E-state index is 0.00904. The van der Waals surface area contributed by atoms with Crippen molar-refractivity contribution < 1.29 is 9.59 Å². The van der Waals surface area contributed by atoms with Crippen LogP contribution in [0.25, 0.3) is 0 Å². The van der Waals surface area contributed by atoms with Crippen LogP contribution in [0.3, 0.4) is 0 Å². The molecule has 0 radical (unpaired) electrons. The van der Waals surface area contributed by atoms with Gasteiger partial charge in [-0.05, 0) is 18.1 Å². The number of hydrogen-bond donors (Lipinski definition) is 2. The molecule has 0 bridgehead atoms. The lowest BCUT2D eigenvalue weighted by molar-refractivity contribution is -0.128. The third kappa shape index (κ3) is 4.99. The van der Waals surface area contributed by atoms with E-state index >= 15 is 0 Å². The Labute approximate surface area is 114 Å². The predicted molar refractivity (Wildman–Crippen MR) is 75.9 cm³/mol. The molecule has 1 aromatic carbocycles. The molecule has 0 aromatic heterocycles. The van der Waals surface area contributed by atoms with E-state index in [2.05, 4.69) is 10.6 Å². The van der Waals surface area contributed by atoms with Crippen LogP contribution >= 0.6 is 0 Å². The summed E-state index contributed by atoms with van der Waals surface area (Å²) in [5.74, 6) is -0.00904. The molecule has 5 heteroatoms. The SMILES string of the molecule is CCCNC(=O)Nc1ccccc1CN(C)C(C)=O. The molecule has 0 aliphatic carbocycles. The number of anilines is 1. The van der Waals surface area contributed by atoms with E-state index in [4.69, 9.17) is 0 Å². The molecular weight excluding hydrogens is 242 g/mol. The molecule has 0 saturated heterocycles. The number of carbonyl (C=O) groups excluding carboxylic acids is 2. The van der Waals surface area contributed by atoms with Crippen LogP contribution < -0.4 is 10.6 Å².